The van der Waals surface area contributed by atoms with Crippen molar-refractivity contribution in [1.82, 2.24) is 0 Å². The third kappa shape index (κ3) is 6.40. The largest absolute Gasteiger partial charge is 0.493 e. The Bertz CT molecular complexity index is 1050. The van der Waals surface area contributed by atoms with Crippen LogP contribution in [0.15, 0.2) is 36.4 Å². The van der Waals surface area contributed by atoms with Crippen LogP contribution >= 0.6 is 0 Å². The van der Waals surface area contributed by atoms with Crippen LogP contribution in [0.5, 0.6) is 11.5 Å². The Morgan fingerprint density at radius 2 is 1.21 bits per heavy atom. The van der Waals surface area contributed by atoms with E-state index < -0.39 is 47.1 Å². The Morgan fingerprint density at radius 3 is 1.64 bits per heavy atom. The van der Waals surface area contributed by atoms with Gasteiger partial charge in [-0.1, -0.05) is 6.92 Å². The van der Waals surface area contributed by atoms with Crippen LogP contribution in [-0.2, 0) is 6.67 Å². The van der Waals surface area contributed by atoms with E-state index in [2.05, 4.69) is 4.94 Å². The van der Waals surface area contributed by atoms with Gasteiger partial charge in [-0.2, -0.15) is 0 Å². The molecule has 9 heteroatoms. The van der Waals surface area contributed by atoms with Crippen LogP contribution in [0.2, 0.25) is 0 Å². The van der Waals surface area contributed by atoms with E-state index in [1.807, 2.05) is 32.9 Å². The molecule has 0 radical (unpaired) electrons. The number of alkyl halides is 1. The molecule has 0 spiro atoms. The minimum Gasteiger partial charge on any atom is -0.493 e. The van der Waals surface area contributed by atoms with E-state index in [0.29, 0.717) is 29.9 Å². The fourth-order valence-electron chi connectivity index (χ4n) is 3.02. The summed E-state index contributed by atoms with van der Waals surface area (Å²) >= 11 is 0. The third-order valence-corrected chi connectivity index (χ3v) is 4.57. The Hall–Kier alpha value is -3.23. The van der Waals surface area contributed by atoms with Crippen LogP contribution < -0.4 is 9.68 Å². The maximum Gasteiger partial charge on any atom is 0.194 e. The second-order valence-electron chi connectivity index (χ2n) is 7.12. The van der Waals surface area contributed by atoms with Crippen LogP contribution in [0.1, 0.15) is 30.0 Å². The summed E-state index contributed by atoms with van der Waals surface area (Å²) in [6.45, 7) is 5.28. The van der Waals surface area contributed by atoms with Gasteiger partial charge in [0.15, 0.2) is 23.2 Å². The minimum absolute atomic E-state index is 0.389. The van der Waals surface area contributed by atoms with Gasteiger partial charge in [-0.3, -0.25) is 4.94 Å². The average molecular weight is 474 g/mol. The zero-order valence-corrected chi connectivity index (χ0v) is 18.0. The first kappa shape index (κ1) is 26.0. The number of benzene rings is 3. The molecule has 0 fully saturated rings. The van der Waals surface area contributed by atoms with Crippen LogP contribution in [0.3, 0.4) is 0 Å². The Morgan fingerprint density at radius 1 is 0.727 bits per heavy atom. The third-order valence-electron chi connectivity index (χ3n) is 4.57. The summed E-state index contributed by atoms with van der Waals surface area (Å²) in [5, 5.41) is 0. The molecule has 0 saturated carbocycles. The Labute approximate surface area is 186 Å². The number of aryl methyl sites for hydroxylation is 2. The molecule has 0 bridgehead atoms. The smallest absolute Gasteiger partial charge is 0.194 e. The summed E-state index contributed by atoms with van der Waals surface area (Å²) in [5.41, 5.74) is 2.35. The molecule has 3 aromatic rings. The molecule has 0 saturated heterocycles. The van der Waals surface area contributed by atoms with Gasteiger partial charge in [0, 0.05) is 16.7 Å². The van der Waals surface area contributed by atoms with Gasteiger partial charge in [-0.25, -0.2) is 26.3 Å². The van der Waals surface area contributed by atoms with Crippen LogP contribution in [0.25, 0.3) is 11.1 Å². The molecule has 0 amide bonds. The highest BCUT2D eigenvalue weighted by Gasteiger charge is 2.14. The van der Waals surface area contributed by atoms with Crippen LogP contribution in [0.4, 0.5) is 30.9 Å². The van der Waals surface area contributed by atoms with E-state index in [4.69, 9.17) is 4.74 Å². The van der Waals surface area contributed by atoms with Gasteiger partial charge in [0.05, 0.1) is 12.2 Å². The van der Waals surface area contributed by atoms with Crippen LogP contribution in [0, 0.1) is 42.9 Å². The number of halogens is 7. The molecular weight excluding hydrogens is 453 g/mol. The van der Waals surface area contributed by atoms with Gasteiger partial charge in [-0.05, 0) is 66.8 Å². The van der Waals surface area contributed by atoms with Crippen molar-refractivity contribution in [1.29, 1.82) is 0 Å². The lowest BCUT2D eigenvalue weighted by Gasteiger charge is -2.14. The quantitative estimate of drug-likeness (QED) is 0.267. The molecule has 0 heterocycles. The summed E-state index contributed by atoms with van der Waals surface area (Å²) in [6.07, 6.45) is 0.905. The van der Waals surface area contributed by atoms with Crippen molar-refractivity contribution < 1.29 is 40.5 Å². The lowest BCUT2D eigenvalue weighted by Crippen LogP contribution is -2.00. The van der Waals surface area contributed by atoms with Gasteiger partial charge in [0.2, 0.25) is 0 Å². The zero-order chi connectivity index (χ0) is 24.7. The first-order chi connectivity index (χ1) is 15.6. The van der Waals surface area contributed by atoms with Gasteiger partial charge in [0.1, 0.15) is 24.1 Å². The number of hydrogen-bond acceptors (Lipinski definition) is 2. The first-order valence-electron chi connectivity index (χ1n) is 9.84. The molecule has 0 aliphatic rings. The van der Waals surface area contributed by atoms with Crippen LogP contribution in [-0.4, -0.2) is 6.61 Å². The highest BCUT2D eigenvalue weighted by Crippen LogP contribution is 2.32. The lowest BCUT2D eigenvalue weighted by atomic mass is 9.98. The molecule has 0 aromatic heterocycles. The molecule has 0 aliphatic heterocycles. The Kier molecular flexibility index (Phi) is 9.13. The molecule has 0 N–H and O–H groups in total. The van der Waals surface area contributed by atoms with E-state index in [-0.39, 0.29) is 0 Å². The normalized spacial score (nSPS) is 10.5. The minimum atomic E-state index is -1.65. The first-order valence-corrected chi connectivity index (χ1v) is 9.84. The van der Waals surface area contributed by atoms with E-state index in [9.17, 15) is 30.9 Å². The van der Waals surface area contributed by atoms with Gasteiger partial charge < -0.3 is 4.74 Å². The molecule has 3 aromatic carbocycles. The standard InChI is InChI=1S/C18H19F3O.C6H2F4O/c1-4-5-22-18-11(2)6-13(7-12(18)3)14-8-16(20)15(10-19)17(21)9-14;7-4-1-3(11-10)2-5(8)6(4)9/h6-9H,4-5,10H2,1-3H3;1-2H. The van der Waals surface area contributed by atoms with Crippen molar-refractivity contribution in [2.75, 3.05) is 6.61 Å². The van der Waals surface area contributed by atoms with Gasteiger partial charge >= 0.3 is 0 Å². The number of rotatable bonds is 6. The fourth-order valence-corrected chi connectivity index (χ4v) is 3.02. The molecule has 3 rings (SSSR count). The molecule has 178 valence electrons. The molecular formula is C24H21F7O2. The molecule has 0 aliphatic carbocycles. The summed E-state index contributed by atoms with van der Waals surface area (Å²) < 4.78 is 93.5. The van der Waals surface area contributed by atoms with Gasteiger partial charge in [-0.15, -0.1) is 0 Å². The van der Waals surface area contributed by atoms with E-state index in [0.717, 1.165) is 23.3 Å². The Balaban J connectivity index is 0.000000294. The predicted octanol–water partition coefficient (Wildman–Crippen LogP) is 7.87. The van der Waals surface area contributed by atoms with Gasteiger partial charge in [0.25, 0.3) is 0 Å². The summed E-state index contributed by atoms with van der Waals surface area (Å²) in [7, 11) is 0. The molecule has 0 atom stereocenters. The van der Waals surface area contributed by atoms with Crippen molar-refractivity contribution in [3.05, 3.63) is 82.2 Å². The molecule has 33 heavy (non-hydrogen) atoms. The average Bonchev–Trinajstić information content (AvgIpc) is 2.76. The summed E-state index contributed by atoms with van der Waals surface area (Å²) in [4.78, 5) is 2.98. The van der Waals surface area contributed by atoms with E-state index in [1.165, 1.54) is 12.1 Å². The second-order valence-corrected chi connectivity index (χ2v) is 7.12. The zero-order valence-electron chi connectivity index (χ0n) is 18.0. The number of hydrogen-bond donors (Lipinski definition) is 0. The monoisotopic (exact) mass is 474 g/mol. The maximum absolute atomic E-state index is 13.7. The summed E-state index contributed by atoms with van der Waals surface area (Å²) in [6, 6.07) is 6.77. The van der Waals surface area contributed by atoms with E-state index in [1.54, 1.807) is 0 Å². The van der Waals surface area contributed by atoms with Crippen molar-refractivity contribution in [3.63, 3.8) is 0 Å². The van der Waals surface area contributed by atoms with Crippen molar-refractivity contribution in [3.8, 4) is 22.6 Å². The predicted molar refractivity (Wildman–Crippen MR) is 110 cm³/mol. The topological polar surface area (TPSA) is 18.5 Å². The van der Waals surface area contributed by atoms with Crippen molar-refractivity contribution in [2.24, 2.45) is 0 Å². The van der Waals surface area contributed by atoms with Crippen molar-refractivity contribution >= 4 is 0 Å². The fraction of sp³-hybridized carbons (Fsp3) is 0.250. The highest BCUT2D eigenvalue weighted by atomic mass is 19.3. The number of ether oxygens (including phenoxy) is 1. The molecule has 0 unspecified atom stereocenters. The maximum atomic E-state index is 13.7. The SMILES string of the molecule is CCCOc1c(C)cc(-c2cc(F)c(CF)c(F)c2)cc1C.FOc1cc(F)c(F)c(F)c1. The van der Waals surface area contributed by atoms with E-state index >= 15 is 0 Å². The lowest BCUT2D eigenvalue weighted by molar-refractivity contribution is -0.00711. The summed E-state index contributed by atoms with van der Waals surface area (Å²) in [5.74, 6) is -6.26. The second kappa shape index (κ2) is 11.6. The van der Waals surface area contributed by atoms with Crippen molar-refractivity contribution in [2.45, 2.75) is 33.9 Å². The molecule has 2 nitrogen and oxygen atoms in total. The highest BCUT2D eigenvalue weighted by molar-refractivity contribution is 5.68.